The molecule has 5 heteroatoms. The van der Waals surface area contributed by atoms with Crippen LogP contribution in [0.4, 0.5) is 0 Å². The van der Waals surface area contributed by atoms with Crippen LogP contribution in [0, 0.1) is 5.41 Å². The monoisotopic (exact) mass is 355 g/mol. The number of likely N-dealkylation sites (tertiary alicyclic amines) is 1. The highest BCUT2D eigenvalue weighted by molar-refractivity contribution is 5.93. The molecule has 1 heterocycles. The van der Waals surface area contributed by atoms with E-state index in [0.717, 1.165) is 32.4 Å². The Morgan fingerprint density at radius 1 is 1.12 bits per heavy atom. The summed E-state index contributed by atoms with van der Waals surface area (Å²) < 4.78 is 0. The number of hydrogen-bond acceptors (Lipinski definition) is 3. The van der Waals surface area contributed by atoms with Crippen LogP contribution in [-0.2, 0) is 15.0 Å². The lowest BCUT2D eigenvalue weighted by molar-refractivity contribution is -0.126. The van der Waals surface area contributed by atoms with Crippen molar-refractivity contribution in [2.45, 2.75) is 56.4 Å². The number of nitrogens with one attached hydrogen (secondary N) is 1. The van der Waals surface area contributed by atoms with Crippen LogP contribution in [0.2, 0.25) is 0 Å². The van der Waals surface area contributed by atoms with Gasteiger partial charge in [0.25, 0.3) is 0 Å². The molecular formula is C21H29N3O2. The molecule has 0 radical (unpaired) electrons. The lowest BCUT2D eigenvalue weighted by atomic mass is 9.83. The predicted molar refractivity (Wildman–Crippen MR) is 100 cm³/mol. The van der Waals surface area contributed by atoms with Gasteiger partial charge in [-0.25, -0.2) is 0 Å². The summed E-state index contributed by atoms with van der Waals surface area (Å²) in [5.74, 6) is -0.0596. The average molecular weight is 355 g/mol. The fraction of sp³-hybridized carbons (Fsp3) is 0.619. The fourth-order valence-electron chi connectivity index (χ4n) is 5.47. The first-order valence-electron chi connectivity index (χ1n) is 9.93. The van der Waals surface area contributed by atoms with Gasteiger partial charge in [0.05, 0.1) is 12.0 Å². The van der Waals surface area contributed by atoms with Crippen LogP contribution in [0.3, 0.4) is 0 Å². The number of carbonyl (C=O) groups is 2. The van der Waals surface area contributed by atoms with Crippen LogP contribution in [0.5, 0.6) is 0 Å². The Morgan fingerprint density at radius 2 is 1.77 bits per heavy atom. The van der Waals surface area contributed by atoms with E-state index in [0.29, 0.717) is 6.54 Å². The molecule has 3 N–H and O–H groups in total. The molecule has 1 aromatic rings. The van der Waals surface area contributed by atoms with E-state index in [1.807, 2.05) is 18.2 Å². The molecule has 3 aliphatic rings. The van der Waals surface area contributed by atoms with E-state index in [2.05, 4.69) is 22.3 Å². The van der Waals surface area contributed by atoms with E-state index in [1.165, 1.54) is 31.2 Å². The van der Waals surface area contributed by atoms with Gasteiger partial charge < -0.3 is 11.1 Å². The minimum atomic E-state index is -0.324. The SMILES string of the molecule is NC(=O)CN1CCC(NC(=O)C2(c3ccccc3)CC23CCCC3)CC1. The van der Waals surface area contributed by atoms with E-state index in [-0.39, 0.29) is 28.7 Å². The largest absolute Gasteiger partial charge is 0.369 e. The van der Waals surface area contributed by atoms with Crippen LogP contribution >= 0.6 is 0 Å². The molecule has 1 unspecified atom stereocenters. The van der Waals surface area contributed by atoms with Crippen LogP contribution in [0.15, 0.2) is 30.3 Å². The smallest absolute Gasteiger partial charge is 0.231 e. The van der Waals surface area contributed by atoms with Gasteiger partial charge in [0.2, 0.25) is 11.8 Å². The van der Waals surface area contributed by atoms with E-state index in [1.54, 1.807) is 0 Å². The number of nitrogens with two attached hydrogens (primary N) is 1. The van der Waals surface area contributed by atoms with Crippen molar-refractivity contribution in [3.05, 3.63) is 35.9 Å². The first-order valence-corrected chi connectivity index (χ1v) is 9.93. The molecule has 1 atom stereocenters. The topological polar surface area (TPSA) is 75.4 Å². The highest BCUT2D eigenvalue weighted by Gasteiger charge is 2.72. The van der Waals surface area contributed by atoms with Gasteiger partial charge in [-0.15, -0.1) is 0 Å². The second kappa shape index (κ2) is 6.69. The summed E-state index contributed by atoms with van der Waals surface area (Å²) in [6.45, 7) is 1.95. The maximum atomic E-state index is 13.4. The van der Waals surface area contributed by atoms with Crippen molar-refractivity contribution in [1.29, 1.82) is 0 Å². The number of amides is 2. The van der Waals surface area contributed by atoms with Gasteiger partial charge >= 0.3 is 0 Å². The zero-order valence-electron chi connectivity index (χ0n) is 15.4. The minimum Gasteiger partial charge on any atom is -0.369 e. The number of hydrogen-bond donors (Lipinski definition) is 2. The number of carbonyl (C=O) groups excluding carboxylic acids is 2. The number of rotatable bonds is 5. The first-order chi connectivity index (χ1) is 12.6. The van der Waals surface area contributed by atoms with Crippen molar-refractivity contribution in [1.82, 2.24) is 10.2 Å². The van der Waals surface area contributed by atoms with E-state index in [4.69, 9.17) is 5.73 Å². The van der Waals surface area contributed by atoms with Gasteiger partial charge in [-0.1, -0.05) is 43.2 Å². The Bertz CT molecular complexity index is 676. The van der Waals surface area contributed by atoms with Crippen molar-refractivity contribution in [3.63, 3.8) is 0 Å². The quantitative estimate of drug-likeness (QED) is 0.848. The zero-order chi connectivity index (χ0) is 18.2. The van der Waals surface area contributed by atoms with E-state index in [9.17, 15) is 9.59 Å². The van der Waals surface area contributed by atoms with Crippen LogP contribution in [0.25, 0.3) is 0 Å². The van der Waals surface area contributed by atoms with Gasteiger partial charge in [0, 0.05) is 19.1 Å². The summed E-state index contributed by atoms with van der Waals surface area (Å²) in [7, 11) is 0. The lowest BCUT2D eigenvalue weighted by Gasteiger charge is -2.33. The third-order valence-corrected chi connectivity index (χ3v) is 6.90. The van der Waals surface area contributed by atoms with Crippen molar-refractivity contribution in [2.24, 2.45) is 11.1 Å². The Kier molecular flexibility index (Phi) is 4.51. The molecular weight excluding hydrogens is 326 g/mol. The summed E-state index contributed by atoms with van der Waals surface area (Å²) in [5, 5.41) is 3.36. The molecule has 0 aromatic heterocycles. The van der Waals surface area contributed by atoms with Gasteiger partial charge in [-0.2, -0.15) is 0 Å². The summed E-state index contributed by atoms with van der Waals surface area (Å²) >= 11 is 0. The van der Waals surface area contributed by atoms with Crippen molar-refractivity contribution in [3.8, 4) is 0 Å². The number of primary amides is 1. The standard InChI is InChI=1S/C21H29N3O2/c22-18(25)14-24-12-8-17(9-13-24)23-19(26)21(16-6-2-1-3-7-16)15-20(21)10-4-5-11-20/h1-3,6-7,17H,4-5,8-15H2,(H2,22,25)(H,23,26). The van der Waals surface area contributed by atoms with Crippen LogP contribution in [-0.4, -0.2) is 42.4 Å². The van der Waals surface area contributed by atoms with Crippen molar-refractivity contribution in [2.75, 3.05) is 19.6 Å². The molecule has 0 bridgehead atoms. The molecule has 3 fully saturated rings. The highest BCUT2D eigenvalue weighted by atomic mass is 16.2. The van der Waals surface area contributed by atoms with E-state index < -0.39 is 0 Å². The lowest BCUT2D eigenvalue weighted by Crippen LogP contribution is -2.49. The Balaban J connectivity index is 1.45. The molecule has 140 valence electrons. The maximum Gasteiger partial charge on any atom is 0.231 e. The van der Waals surface area contributed by atoms with Crippen LogP contribution < -0.4 is 11.1 Å². The zero-order valence-corrected chi connectivity index (χ0v) is 15.4. The molecule has 1 aromatic carbocycles. The van der Waals surface area contributed by atoms with Gasteiger partial charge in [-0.3, -0.25) is 14.5 Å². The van der Waals surface area contributed by atoms with Gasteiger partial charge in [0.1, 0.15) is 0 Å². The molecule has 2 aliphatic carbocycles. The van der Waals surface area contributed by atoms with Crippen molar-refractivity contribution >= 4 is 11.8 Å². The molecule has 2 saturated carbocycles. The van der Waals surface area contributed by atoms with Gasteiger partial charge in [-0.05, 0) is 43.1 Å². The number of benzene rings is 1. The maximum absolute atomic E-state index is 13.4. The normalized spacial score (nSPS) is 28.2. The molecule has 1 spiro atoms. The average Bonchev–Trinajstić information content (AvgIpc) is 3.05. The summed E-state index contributed by atoms with van der Waals surface area (Å²) in [4.78, 5) is 26.6. The first kappa shape index (κ1) is 17.5. The third-order valence-electron chi connectivity index (χ3n) is 6.90. The van der Waals surface area contributed by atoms with E-state index >= 15 is 0 Å². The Morgan fingerprint density at radius 3 is 2.38 bits per heavy atom. The predicted octanol–water partition coefficient (Wildman–Crippen LogP) is 1.95. The molecule has 1 aliphatic heterocycles. The Hall–Kier alpha value is -1.88. The third kappa shape index (κ3) is 2.92. The van der Waals surface area contributed by atoms with Gasteiger partial charge in [0.15, 0.2) is 0 Å². The second-order valence-corrected chi connectivity index (χ2v) is 8.43. The highest BCUT2D eigenvalue weighted by Crippen LogP contribution is 2.72. The summed E-state index contributed by atoms with van der Waals surface area (Å²) in [6, 6.07) is 10.6. The van der Waals surface area contributed by atoms with Crippen molar-refractivity contribution < 1.29 is 9.59 Å². The molecule has 26 heavy (non-hydrogen) atoms. The molecule has 1 saturated heterocycles. The molecule has 2 amide bonds. The molecule has 4 rings (SSSR count). The molecule has 5 nitrogen and oxygen atoms in total. The minimum absolute atomic E-state index is 0.186. The fourth-order valence-corrected chi connectivity index (χ4v) is 5.47. The van der Waals surface area contributed by atoms with Crippen LogP contribution in [0.1, 0.15) is 50.5 Å². The summed E-state index contributed by atoms with van der Waals surface area (Å²) in [5.41, 5.74) is 6.33. The second-order valence-electron chi connectivity index (χ2n) is 8.43. The summed E-state index contributed by atoms with van der Waals surface area (Å²) in [6.07, 6.45) is 7.60. The number of nitrogens with zero attached hydrogens (tertiary/aromatic N) is 1. The Labute approximate surface area is 155 Å². The number of piperidine rings is 1.